The highest BCUT2D eigenvalue weighted by molar-refractivity contribution is 9.10. The number of guanidine groups is 1. The molecular weight excluding hydrogens is 355 g/mol. The second-order valence-electron chi connectivity index (χ2n) is 3.80. The number of hydrogen-bond donors (Lipinski definition) is 3. The molecule has 0 amide bonds. The van der Waals surface area contributed by atoms with E-state index >= 15 is 0 Å². The number of anilines is 1. The zero-order valence-electron chi connectivity index (χ0n) is 10.5. The van der Waals surface area contributed by atoms with Crippen LogP contribution in [0, 0.1) is 0 Å². The fourth-order valence-electron chi connectivity index (χ4n) is 1.38. The maximum absolute atomic E-state index is 6.11. The van der Waals surface area contributed by atoms with Gasteiger partial charge in [0.2, 0.25) is 5.96 Å². The molecule has 4 N–H and O–H groups in total. The summed E-state index contributed by atoms with van der Waals surface area (Å²) in [6.07, 6.45) is 0. The van der Waals surface area contributed by atoms with Gasteiger partial charge in [0, 0.05) is 11.6 Å². The highest BCUT2D eigenvalue weighted by atomic mass is 79.9. The predicted molar refractivity (Wildman–Crippen MR) is 83.9 cm³/mol. The summed E-state index contributed by atoms with van der Waals surface area (Å²) in [5, 5.41) is 3.88. The lowest BCUT2D eigenvalue weighted by Crippen LogP contribution is -2.37. The molecule has 0 spiro atoms. The number of halogens is 3. The highest BCUT2D eigenvalue weighted by Crippen LogP contribution is 2.33. The van der Waals surface area contributed by atoms with E-state index < -0.39 is 0 Å². The van der Waals surface area contributed by atoms with Crippen molar-refractivity contribution >= 4 is 50.8 Å². The smallest absolute Gasteiger partial charge is 0.210 e. The molecule has 0 saturated heterocycles. The molecule has 0 heterocycles. The second-order valence-corrected chi connectivity index (χ2v) is 5.53. The molecule has 0 aliphatic heterocycles. The molecule has 0 radical (unpaired) electrons. The number of methoxy groups -OCH3 is 1. The van der Waals surface area contributed by atoms with Crippen LogP contribution in [0.3, 0.4) is 0 Å². The molecule has 0 fully saturated rings. The van der Waals surface area contributed by atoms with Gasteiger partial charge in [-0.05, 0) is 19.1 Å². The van der Waals surface area contributed by atoms with Crippen LogP contribution in [0.2, 0.25) is 10.0 Å². The Morgan fingerprint density at radius 2 is 2.05 bits per heavy atom. The van der Waals surface area contributed by atoms with E-state index in [9.17, 15) is 0 Å². The Labute approximate surface area is 130 Å². The van der Waals surface area contributed by atoms with Gasteiger partial charge in [-0.1, -0.05) is 39.1 Å². The normalized spacial score (nSPS) is 13.3. The van der Waals surface area contributed by atoms with Gasteiger partial charge in [-0.15, -0.1) is 0 Å². The van der Waals surface area contributed by atoms with Crippen molar-refractivity contribution in [2.45, 2.75) is 13.0 Å². The average Bonchev–Trinajstić information content (AvgIpc) is 2.32. The number of hydrazine groups is 1. The molecule has 0 aromatic heterocycles. The Bertz CT molecular complexity index is 447. The molecule has 106 valence electrons. The number of nitrogens with two attached hydrogens (primary N) is 1. The fourth-order valence-corrected chi connectivity index (χ4v) is 2.69. The molecule has 1 aromatic rings. The van der Waals surface area contributed by atoms with Gasteiger partial charge in [0.25, 0.3) is 0 Å². The second kappa shape index (κ2) is 7.91. The van der Waals surface area contributed by atoms with Crippen molar-refractivity contribution in [1.29, 1.82) is 0 Å². The average molecular weight is 370 g/mol. The third-order valence-electron chi connectivity index (χ3n) is 2.14. The van der Waals surface area contributed by atoms with Crippen LogP contribution in [-0.2, 0) is 4.74 Å². The van der Waals surface area contributed by atoms with Crippen molar-refractivity contribution in [3.8, 4) is 0 Å². The quantitative estimate of drug-likeness (QED) is 0.330. The Kier molecular flexibility index (Phi) is 6.88. The van der Waals surface area contributed by atoms with Crippen molar-refractivity contribution in [3.63, 3.8) is 0 Å². The summed E-state index contributed by atoms with van der Waals surface area (Å²) < 4.78 is 5.79. The summed E-state index contributed by atoms with van der Waals surface area (Å²) in [7, 11) is 1.61. The third kappa shape index (κ3) is 5.16. The molecule has 19 heavy (non-hydrogen) atoms. The zero-order chi connectivity index (χ0) is 14.4. The number of benzene rings is 1. The van der Waals surface area contributed by atoms with E-state index in [1.165, 1.54) is 0 Å². The monoisotopic (exact) mass is 368 g/mol. The first kappa shape index (κ1) is 16.5. The maximum Gasteiger partial charge on any atom is 0.210 e. The van der Waals surface area contributed by atoms with E-state index in [-0.39, 0.29) is 6.04 Å². The van der Waals surface area contributed by atoms with E-state index in [1.807, 2.05) is 6.92 Å². The van der Waals surface area contributed by atoms with Crippen molar-refractivity contribution in [1.82, 2.24) is 5.43 Å². The number of rotatable bonds is 4. The van der Waals surface area contributed by atoms with Crippen LogP contribution in [0.1, 0.15) is 6.92 Å². The molecule has 5 nitrogen and oxygen atoms in total. The number of nitrogens with one attached hydrogen (secondary N) is 2. The first-order chi connectivity index (χ1) is 8.97. The largest absolute Gasteiger partial charge is 0.382 e. The van der Waals surface area contributed by atoms with Crippen molar-refractivity contribution in [2.24, 2.45) is 10.8 Å². The summed E-state index contributed by atoms with van der Waals surface area (Å²) in [4.78, 5) is 4.30. The van der Waals surface area contributed by atoms with Crippen LogP contribution in [0.15, 0.2) is 21.6 Å². The molecule has 1 atom stereocenters. The van der Waals surface area contributed by atoms with Crippen LogP contribution < -0.4 is 16.6 Å². The van der Waals surface area contributed by atoms with E-state index in [0.717, 1.165) is 4.47 Å². The fraction of sp³-hybridized carbons (Fsp3) is 0.364. The lowest BCUT2D eigenvalue weighted by molar-refractivity contribution is 0.185. The van der Waals surface area contributed by atoms with Gasteiger partial charge >= 0.3 is 0 Å². The van der Waals surface area contributed by atoms with Gasteiger partial charge in [-0.25, -0.2) is 10.8 Å². The molecule has 8 heteroatoms. The first-order valence-electron chi connectivity index (χ1n) is 5.42. The Morgan fingerprint density at radius 3 is 2.53 bits per heavy atom. The van der Waals surface area contributed by atoms with Gasteiger partial charge in [0.1, 0.15) is 0 Å². The summed E-state index contributed by atoms with van der Waals surface area (Å²) >= 11 is 15.5. The maximum atomic E-state index is 6.11. The minimum atomic E-state index is -0.0588. The molecule has 0 saturated carbocycles. The molecule has 1 aromatic carbocycles. The van der Waals surface area contributed by atoms with Gasteiger partial charge in [-0.3, -0.25) is 5.43 Å². The topological polar surface area (TPSA) is 71.7 Å². The van der Waals surface area contributed by atoms with Gasteiger partial charge in [0.15, 0.2) is 0 Å². The van der Waals surface area contributed by atoms with Crippen molar-refractivity contribution < 1.29 is 4.74 Å². The Hall–Kier alpha value is -0.530. The van der Waals surface area contributed by atoms with Crippen molar-refractivity contribution in [2.75, 3.05) is 19.0 Å². The predicted octanol–water partition coefficient (Wildman–Crippen LogP) is 3.02. The molecule has 0 aliphatic carbocycles. The summed E-state index contributed by atoms with van der Waals surface area (Å²) in [6.45, 7) is 2.38. The summed E-state index contributed by atoms with van der Waals surface area (Å²) in [5.74, 6) is 5.77. The number of nitrogens with zero attached hydrogens (tertiary/aromatic N) is 1. The minimum absolute atomic E-state index is 0.0588. The molecule has 0 bridgehead atoms. The number of hydrogen-bond acceptors (Lipinski definition) is 3. The van der Waals surface area contributed by atoms with Crippen LogP contribution in [0.4, 0.5) is 5.69 Å². The summed E-state index contributed by atoms with van der Waals surface area (Å²) in [6, 6.07) is 3.39. The molecule has 0 aliphatic rings. The van der Waals surface area contributed by atoms with Crippen LogP contribution in [0.5, 0.6) is 0 Å². The number of aliphatic imine (C=N–C) groups is 1. The van der Waals surface area contributed by atoms with E-state index in [1.54, 1.807) is 19.2 Å². The Morgan fingerprint density at radius 1 is 1.47 bits per heavy atom. The van der Waals surface area contributed by atoms with Gasteiger partial charge < -0.3 is 10.1 Å². The van der Waals surface area contributed by atoms with Crippen LogP contribution in [-0.4, -0.2) is 25.7 Å². The van der Waals surface area contributed by atoms with E-state index in [2.05, 4.69) is 31.7 Å². The third-order valence-corrected chi connectivity index (χ3v) is 3.20. The van der Waals surface area contributed by atoms with E-state index in [4.69, 9.17) is 33.8 Å². The molecular formula is C11H15BrCl2N4O. The Balaban J connectivity index is 2.93. The van der Waals surface area contributed by atoms with Crippen molar-refractivity contribution in [3.05, 3.63) is 26.7 Å². The van der Waals surface area contributed by atoms with Gasteiger partial charge in [0.05, 0.1) is 28.4 Å². The summed E-state index contributed by atoms with van der Waals surface area (Å²) in [5.41, 5.74) is 3.00. The van der Waals surface area contributed by atoms with E-state index in [0.29, 0.717) is 28.3 Å². The SMILES string of the molecule is COCC(C)N=C(NN)Nc1c(Cl)cc(Br)cc1Cl. The van der Waals surface area contributed by atoms with Crippen LogP contribution >= 0.6 is 39.1 Å². The highest BCUT2D eigenvalue weighted by Gasteiger charge is 2.10. The number of ether oxygens (including phenoxy) is 1. The lowest BCUT2D eigenvalue weighted by atomic mass is 10.3. The first-order valence-corrected chi connectivity index (χ1v) is 6.97. The molecule has 1 unspecified atom stereocenters. The minimum Gasteiger partial charge on any atom is -0.382 e. The lowest BCUT2D eigenvalue weighted by Gasteiger charge is -2.14. The molecule has 1 rings (SSSR count). The zero-order valence-corrected chi connectivity index (χ0v) is 13.6. The van der Waals surface area contributed by atoms with Crippen LogP contribution in [0.25, 0.3) is 0 Å². The van der Waals surface area contributed by atoms with Gasteiger partial charge in [-0.2, -0.15) is 0 Å². The standard InChI is InChI=1S/C11H15BrCl2N4O/c1-6(5-19-2)16-11(18-15)17-10-8(13)3-7(12)4-9(10)14/h3-4,6H,5,15H2,1-2H3,(H2,16,17,18).